The van der Waals surface area contributed by atoms with Crippen molar-refractivity contribution >= 4 is 57.4 Å². The van der Waals surface area contributed by atoms with E-state index in [9.17, 15) is 4.79 Å². The van der Waals surface area contributed by atoms with Crippen molar-refractivity contribution in [1.82, 2.24) is 0 Å². The van der Waals surface area contributed by atoms with Crippen LogP contribution in [-0.4, -0.2) is 64.0 Å². The summed E-state index contributed by atoms with van der Waals surface area (Å²) in [7, 11) is 0. The fourth-order valence-electron chi connectivity index (χ4n) is 3.25. The maximum Gasteiger partial charge on any atom is 0.305 e. The third-order valence-corrected chi connectivity index (χ3v) is 5.00. The minimum atomic E-state index is 0. The predicted molar refractivity (Wildman–Crippen MR) is 116 cm³/mol. The monoisotopic (exact) mass is 393 g/mol. The Morgan fingerprint density at radius 2 is 0.885 bits per heavy atom. The first kappa shape index (κ1) is 29.3. The van der Waals surface area contributed by atoms with Gasteiger partial charge in [0.25, 0.3) is 0 Å². The number of unbranched alkanes of at least 4 members (excludes halogenated alkanes) is 16. The van der Waals surface area contributed by atoms with Gasteiger partial charge in [0.15, 0.2) is 0 Å². The molecule has 0 N–H and O–H groups in total. The molecule has 0 spiro atoms. The minimum absolute atomic E-state index is 0. The van der Waals surface area contributed by atoms with Gasteiger partial charge in [0.1, 0.15) is 0 Å². The molecule has 0 rings (SSSR count). The standard InChI is InChI=1S/C23H46O2.K/c1-3-5-7-9-11-12-13-14-16-18-20-22-25-23(24)21-19-17-15-10-8-6-4-2;/h3-22H2,1-2H3;. The van der Waals surface area contributed by atoms with Crippen LogP contribution in [0.3, 0.4) is 0 Å². The zero-order valence-corrected chi connectivity index (χ0v) is 21.6. The summed E-state index contributed by atoms with van der Waals surface area (Å²) in [5.41, 5.74) is 0. The van der Waals surface area contributed by atoms with Crippen LogP contribution < -0.4 is 0 Å². The van der Waals surface area contributed by atoms with Crippen molar-refractivity contribution in [3.63, 3.8) is 0 Å². The van der Waals surface area contributed by atoms with Gasteiger partial charge in [-0.1, -0.05) is 117 Å². The van der Waals surface area contributed by atoms with Gasteiger partial charge in [0.05, 0.1) is 6.61 Å². The first-order valence-electron chi connectivity index (χ1n) is 11.5. The summed E-state index contributed by atoms with van der Waals surface area (Å²) in [6.07, 6.45) is 24.0. The van der Waals surface area contributed by atoms with Crippen LogP contribution in [0, 0.1) is 0 Å². The van der Waals surface area contributed by atoms with E-state index in [1.54, 1.807) is 0 Å². The molecule has 2 nitrogen and oxygen atoms in total. The molecular weight excluding hydrogens is 347 g/mol. The largest absolute Gasteiger partial charge is 0.466 e. The predicted octanol–water partition coefficient (Wildman–Crippen LogP) is 7.60. The molecule has 0 heterocycles. The Morgan fingerprint density at radius 1 is 0.538 bits per heavy atom. The fraction of sp³-hybridized carbons (Fsp3) is 0.957. The Hall–Kier alpha value is 1.11. The van der Waals surface area contributed by atoms with Gasteiger partial charge in [-0.15, -0.1) is 0 Å². The van der Waals surface area contributed by atoms with E-state index in [-0.39, 0.29) is 57.4 Å². The van der Waals surface area contributed by atoms with Gasteiger partial charge < -0.3 is 4.74 Å². The molecule has 26 heavy (non-hydrogen) atoms. The molecule has 0 unspecified atom stereocenters. The Labute approximate surface area is 207 Å². The maximum absolute atomic E-state index is 11.6. The number of hydrogen-bond donors (Lipinski definition) is 0. The van der Waals surface area contributed by atoms with E-state index < -0.39 is 0 Å². The zero-order chi connectivity index (χ0) is 18.4. The third kappa shape index (κ3) is 25.1. The second-order valence-electron chi connectivity index (χ2n) is 7.63. The molecule has 0 aliphatic heterocycles. The van der Waals surface area contributed by atoms with Gasteiger partial charge >= 0.3 is 5.97 Å². The smallest absolute Gasteiger partial charge is 0.305 e. The number of rotatable bonds is 20. The maximum atomic E-state index is 11.6. The number of ether oxygens (including phenoxy) is 1. The Morgan fingerprint density at radius 3 is 1.31 bits per heavy atom. The molecule has 0 atom stereocenters. The second kappa shape index (κ2) is 26.1. The molecule has 0 fully saturated rings. The van der Waals surface area contributed by atoms with Crippen molar-refractivity contribution in [2.24, 2.45) is 0 Å². The molecule has 0 bridgehead atoms. The van der Waals surface area contributed by atoms with Crippen molar-refractivity contribution < 1.29 is 9.53 Å². The molecule has 151 valence electrons. The van der Waals surface area contributed by atoms with Gasteiger partial charge in [-0.05, 0) is 12.8 Å². The summed E-state index contributed by atoms with van der Waals surface area (Å²) in [5.74, 6) is 0.0145. The summed E-state index contributed by atoms with van der Waals surface area (Å²) in [5, 5.41) is 0. The van der Waals surface area contributed by atoms with E-state index >= 15 is 0 Å². The van der Waals surface area contributed by atoms with Crippen LogP contribution in [0.5, 0.6) is 0 Å². The minimum Gasteiger partial charge on any atom is -0.466 e. The molecule has 3 heteroatoms. The van der Waals surface area contributed by atoms with Gasteiger partial charge in [-0.3, -0.25) is 4.79 Å². The molecule has 1 radical (unpaired) electrons. The first-order chi connectivity index (χ1) is 12.3. The summed E-state index contributed by atoms with van der Waals surface area (Å²) < 4.78 is 5.33. The van der Waals surface area contributed by atoms with Crippen LogP contribution in [-0.2, 0) is 9.53 Å². The molecule has 0 aliphatic carbocycles. The first-order valence-corrected chi connectivity index (χ1v) is 11.5. The average molecular weight is 394 g/mol. The Balaban J connectivity index is 0. The Kier molecular flexibility index (Phi) is 29.4. The van der Waals surface area contributed by atoms with E-state index in [4.69, 9.17) is 4.74 Å². The van der Waals surface area contributed by atoms with Crippen LogP contribution in [0.1, 0.15) is 136 Å². The molecule has 0 aromatic heterocycles. The topological polar surface area (TPSA) is 26.3 Å². The van der Waals surface area contributed by atoms with Crippen molar-refractivity contribution in [3.8, 4) is 0 Å². The van der Waals surface area contributed by atoms with Crippen molar-refractivity contribution in [2.45, 2.75) is 136 Å². The summed E-state index contributed by atoms with van der Waals surface area (Å²) in [4.78, 5) is 11.6. The molecule has 0 saturated carbocycles. The molecule has 0 aliphatic rings. The molecule has 0 saturated heterocycles. The van der Waals surface area contributed by atoms with Crippen LogP contribution >= 0.6 is 0 Å². The number of hydrogen-bond acceptors (Lipinski definition) is 2. The number of carbonyl (C=O) groups excluding carboxylic acids is 1. The van der Waals surface area contributed by atoms with Gasteiger partial charge in [0, 0.05) is 57.8 Å². The fourth-order valence-corrected chi connectivity index (χ4v) is 3.25. The van der Waals surface area contributed by atoms with Crippen molar-refractivity contribution in [2.75, 3.05) is 6.61 Å². The van der Waals surface area contributed by atoms with Crippen LogP contribution in [0.2, 0.25) is 0 Å². The van der Waals surface area contributed by atoms with Crippen LogP contribution in [0.15, 0.2) is 0 Å². The molecule has 0 aromatic rings. The number of esters is 1. The van der Waals surface area contributed by atoms with Gasteiger partial charge in [-0.25, -0.2) is 0 Å². The van der Waals surface area contributed by atoms with Crippen molar-refractivity contribution in [1.29, 1.82) is 0 Å². The van der Waals surface area contributed by atoms with Gasteiger partial charge in [0.2, 0.25) is 0 Å². The van der Waals surface area contributed by atoms with Gasteiger partial charge in [-0.2, -0.15) is 0 Å². The van der Waals surface area contributed by atoms with E-state index in [0.717, 1.165) is 12.8 Å². The molecular formula is C23H46KO2. The van der Waals surface area contributed by atoms with E-state index in [2.05, 4.69) is 13.8 Å². The zero-order valence-electron chi connectivity index (χ0n) is 18.5. The van der Waals surface area contributed by atoms with E-state index in [1.807, 2.05) is 0 Å². The summed E-state index contributed by atoms with van der Waals surface area (Å²) in [6.45, 7) is 5.14. The van der Waals surface area contributed by atoms with Crippen LogP contribution in [0.25, 0.3) is 0 Å². The van der Waals surface area contributed by atoms with Crippen molar-refractivity contribution in [3.05, 3.63) is 0 Å². The van der Waals surface area contributed by atoms with Crippen LogP contribution in [0.4, 0.5) is 0 Å². The normalized spacial score (nSPS) is 10.5. The Bertz CT molecular complexity index is 269. The SMILES string of the molecule is CCCCCCCCCCCCCOC(=O)CCCCCCCCC.[K]. The van der Waals surface area contributed by atoms with E-state index in [1.165, 1.54) is 103 Å². The van der Waals surface area contributed by atoms with E-state index in [0.29, 0.717) is 13.0 Å². The third-order valence-electron chi connectivity index (χ3n) is 5.00. The quantitative estimate of drug-likeness (QED) is 0.121. The molecule has 0 amide bonds. The summed E-state index contributed by atoms with van der Waals surface area (Å²) >= 11 is 0. The number of carbonyl (C=O) groups is 1. The summed E-state index contributed by atoms with van der Waals surface area (Å²) in [6, 6.07) is 0. The second-order valence-corrected chi connectivity index (χ2v) is 7.63. The molecule has 0 aromatic carbocycles. The average Bonchev–Trinajstić information content (AvgIpc) is 2.62.